The van der Waals surface area contributed by atoms with Gasteiger partial charge in [-0.1, -0.05) is 11.6 Å². The molecular formula is C20H18ClN5O2. The molecule has 0 aliphatic carbocycles. The van der Waals surface area contributed by atoms with Gasteiger partial charge >= 0.3 is 0 Å². The molecule has 0 aliphatic rings. The predicted octanol–water partition coefficient (Wildman–Crippen LogP) is 4.60. The van der Waals surface area contributed by atoms with Gasteiger partial charge in [-0.3, -0.25) is 4.98 Å². The number of hydrogen-bond donors (Lipinski definition) is 1. The van der Waals surface area contributed by atoms with Crippen molar-refractivity contribution in [1.82, 2.24) is 19.4 Å². The van der Waals surface area contributed by atoms with Gasteiger partial charge in [-0.2, -0.15) is 0 Å². The first-order chi connectivity index (χ1) is 13.7. The van der Waals surface area contributed by atoms with Gasteiger partial charge in [0.2, 0.25) is 0 Å². The van der Waals surface area contributed by atoms with E-state index in [4.69, 9.17) is 26.1 Å². The van der Waals surface area contributed by atoms with Crippen LogP contribution >= 0.6 is 11.6 Å². The molecule has 3 heterocycles. The fraction of sp³-hybridized carbons (Fsp3) is 0.150. The van der Waals surface area contributed by atoms with Crippen molar-refractivity contribution in [2.24, 2.45) is 0 Å². The monoisotopic (exact) mass is 395 g/mol. The Morgan fingerprint density at radius 2 is 2.07 bits per heavy atom. The number of fused-ring (bicyclic) bond motifs is 1. The summed E-state index contributed by atoms with van der Waals surface area (Å²) in [4.78, 5) is 13.3. The van der Waals surface area contributed by atoms with Crippen molar-refractivity contribution in [2.45, 2.75) is 6.92 Å². The number of rotatable bonds is 6. The maximum atomic E-state index is 6.08. The molecule has 0 bridgehead atoms. The zero-order valence-electron chi connectivity index (χ0n) is 15.4. The van der Waals surface area contributed by atoms with E-state index >= 15 is 0 Å². The first kappa shape index (κ1) is 18.1. The molecule has 4 rings (SSSR count). The van der Waals surface area contributed by atoms with Crippen LogP contribution in [0.25, 0.3) is 16.9 Å². The number of benzene rings is 1. The molecular weight excluding hydrogens is 378 g/mol. The highest BCUT2D eigenvalue weighted by atomic mass is 35.5. The molecule has 0 unspecified atom stereocenters. The fourth-order valence-electron chi connectivity index (χ4n) is 2.86. The number of methoxy groups -OCH3 is 1. The summed E-state index contributed by atoms with van der Waals surface area (Å²) in [6.45, 7) is 2.50. The molecule has 28 heavy (non-hydrogen) atoms. The van der Waals surface area contributed by atoms with E-state index in [2.05, 4.69) is 15.3 Å². The van der Waals surface area contributed by atoms with Gasteiger partial charge in [0.25, 0.3) is 0 Å². The minimum atomic E-state index is 0.552. The average molecular weight is 396 g/mol. The lowest BCUT2D eigenvalue weighted by Gasteiger charge is -2.13. The number of ether oxygens (including phenoxy) is 2. The number of nitrogens with one attached hydrogen (secondary N) is 1. The molecule has 0 saturated heterocycles. The number of anilines is 2. The Morgan fingerprint density at radius 3 is 2.86 bits per heavy atom. The van der Waals surface area contributed by atoms with Crippen molar-refractivity contribution in [1.29, 1.82) is 0 Å². The van der Waals surface area contributed by atoms with Gasteiger partial charge in [-0.05, 0) is 25.1 Å². The molecule has 1 aromatic carbocycles. The highest BCUT2D eigenvalue weighted by molar-refractivity contribution is 6.30. The highest BCUT2D eigenvalue weighted by Gasteiger charge is 2.12. The van der Waals surface area contributed by atoms with Gasteiger partial charge in [-0.15, -0.1) is 0 Å². The van der Waals surface area contributed by atoms with Crippen LogP contribution in [0.3, 0.4) is 0 Å². The normalized spacial score (nSPS) is 10.8. The molecule has 0 saturated carbocycles. The number of aromatic nitrogens is 4. The van der Waals surface area contributed by atoms with Gasteiger partial charge in [0.1, 0.15) is 0 Å². The van der Waals surface area contributed by atoms with Crippen LogP contribution in [0.1, 0.15) is 6.92 Å². The number of imidazole rings is 1. The van der Waals surface area contributed by atoms with E-state index in [1.54, 1.807) is 25.7 Å². The molecule has 1 N–H and O–H groups in total. The Kier molecular flexibility index (Phi) is 4.99. The van der Waals surface area contributed by atoms with Crippen LogP contribution < -0.4 is 14.8 Å². The summed E-state index contributed by atoms with van der Waals surface area (Å²) in [5.41, 5.74) is 3.04. The molecule has 7 nitrogen and oxygen atoms in total. The van der Waals surface area contributed by atoms with E-state index in [9.17, 15) is 0 Å². The van der Waals surface area contributed by atoms with Crippen molar-refractivity contribution >= 4 is 28.8 Å². The Bertz CT molecular complexity index is 1130. The third kappa shape index (κ3) is 3.57. The van der Waals surface area contributed by atoms with E-state index in [1.807, 2.05) is 48.0 Å². The average Bonchev–Trinajstić information content (AvgIpc) is 3.18. The second kappa shape index (κ2) is 7.74. The lowest BCUT2D eigenvalue weighted by molar-refractivity contribution is 0.311. The molecule has 142 valence electrons. The van der Waals surface area contributed by atoms with Gasteiger partial charge in [-0.25, -0.2) is 9.97 Å². The van der Waals surface area contributed by atoms with Gasteiger partial charge < -0.3 is 19.2 Å². The van der Waals surface area contributed by atoms with Gasteiger partial charge in [0, 0.05) is 48.3 Å². The van der Waals surface area contributed by atoms with E-state index in [-0.39, 0.29) is 0 Å². The van der Waals surface area contributed by atoms with Crippen molar-refractivity contribution < 1.29 is 9.47 Å². The Hall–Kier alpha value is -3.32. The molecule has 0 aliphatic heterocycles. The lowest BCUT2D eigenvalue weighted by atomic mass is 10.2. The van der Waals surface area contributed by atoms with Gasteiger partial charge in [0.15, 0.2) is 23.0 Å². The SMILES string of the molecule is CCOc1ccc(Nc2nc(-c3cncc(Cl)c3)cn3ccnc23)cc1OC. The summed E-state index contributed by atoms with van der Waals surface area (Å²) in [6.07, 6.45) is 8.79. The van der Waals surface area contributed by atoms with Crippen molar-refractivity contribution in [3.8, 4) is 22.8 Å². The van der Waals surface area contributed by atoms with Crippen LogP contribution in [0.2, 0.25) is 5.02 Å². The summed E-state index contributed by atoms with van der Waals surface area (Å²) in [5, 5.41) is 3.87. The first-order valence-electron chi connectivity index (χ1n) is 8.70. The van der Waals surface area contributed by atoms with E-state index in [0.717, 1.165) is 16.9 Å². The van der Waals surface area contributed by atoms with Crippen LogP contribution in [-0.2, 0) is 0 Å². The second-order valence-electron chi connectivity index (χ2n) is 5.95. The highest BCUT2D eigenvalue weighted by Crippen LogP contribution is 2.32. The maximum Gasteiger partial charge on any atom is 0.180 e. The van der Waals surface area contributed by atoms with E-state index < -0.39 is 0 Å². The summed E-state index contributed by atoms with van der Waals surface area (Å²) in [7, 11) is 1.61. The Labute approximate surface area is 166 Å². The van der Waals surface area contributed by atoms with Crippen molar-refractivity contribution in [2.75, 3.05) is 19.0 Å². The second-order valence-corrected chi connectivity index (χ2v) is 6.38. The quantitative estimate of drug-likeness (QED) is 0.514. The summed E-state index contributed by atoms with van der Waals surface area (Å²) in [5.74, 6) is 1.93. The first-order valence-corrected chi connectivity index (χ1v) is 9.08. The van der Waals surface area contributed by atoms with Crippen LogP contribution in [0, 0.1) is 0 Å². The largest absolute Gasteiger partial charge is 0.493 e. The van der Waals surface area contributed by atoms with Crippen LogP contribution in [0.15, 0.2) is 55.2 Å². The number of nitrogens with zero attached hydrogens (tertiary/aromatic N) is 4. The Morgan fingerprint density at radius 1 is 1.18 bits per heavy atom. The molecule has 0 spiro atoms. The summed E-state index contributed by atoms with van der Waals surface area (Å²) < 4.78 is 12.9. The maximum absolute atomic E-state index is 6.08. The standard InChI is InChI=1S/C20H18ClN5O2/c1-3-28-17-5-4-15(9-18(17)27-2)24-19-20-23-6-7-26(20)12-16(25-19)13-8-14(21)11-22-10-13/h4-12H,3H2,1-2H3,(H,24,25). The number of pyridine rings is 1. The minimum Gasteiger partial charge on any atom is -0.493 e. The third-order valence-corrected chi connectivity index (χ3v) is 4.31. The molecule has 8 heteroatoms. The molecule has 0 radical (unpaired) electrons. The minimum absolute atomic E-state index is 0.552. The van der Waals surface area contributed by atoms with Crippen LogP contribution in [0.4, 0.5) is 11.5 Å². The topological polar surface area (TPSA) is 73.6 Å². The lowest BCUT2D eigenvalue weighted by Crippen LogP contribution is -2.01. The fourth-order valence-corrected chi connectivity index (χ4v) is 3.04. The molecule has 0 amide bonds. The smallest absolute Gasteiger partial charge is 0.180 e. The van der Waals surface area contributed by atoms with E-state index in [1.165, 1.54) is 0 Å². The van der Waals surface area contributed by atoms with Crippen LogP contribution in [0.5, 0.6) is 11.5 Å². The third-order valence-electron chi connectivity index (χ3n) is 4.10. The number of halogens is 1. The van der Waals surface area contributed by atoms with Crippen molar-refractivity contribution in [3.05, 3.63) is 60.3 Å². The zero-order valence-corrected chi connectivity index (χ0v) is 16.1. The Balaban J connectivity index is 1.75. The number of hydrogen-bond acceptors (Lipinski definition) is 6. The molecule has 4 aromatic rings. The molecule has 0 fully saturated rings. The summed E-state index contributed by atoms with van der Waals surface area (Å²) >= 11 is 6.08. The summed E-state index contributed by atoms with van der Waals surface area (Å²) in [6, 6.07) is 7.45. The van der Waals surface area contributed by atoms with Crippen LogP contribution in [-0.4, -0.2) is 33.1 Å². The van der Waals surface area contributed by atoms with Crippen molar-refractivity contribution in [3.63, 3.8) is 0 Å². The van der Waals surface area contributed by atoms with E-state index in [0.29, 0.717) is 34.6 Å². The molecule has 0 atom stereocenters. The molecule has 3 aromatic heterocycles. The predicted molar refractivity (Wildman–Crippen MR) is 109 cm³/mol. The zero-order chi connectivity index (χ0) is 19.5. The van der Waals surface area contributed by atoms with Gasteiger partial charge in [0.05, 0.1) is 24.4 Å².